The minimum atomic E-state index is -7.00. The zero-order valence-electron chi connectivity index (χ0n) is 10.2. The fraction of sp³-hybridized carbons (Fsp3) is 0. The molecule has 11 heteroatoms. The standard InChI is InChI=1S/C11H5Cl5O5S/c12-7(17)22(8(13)18,9(14)19,10(15)20,11(16)21)6-4-2-1-3-5-6/h1-5H. The van der Waals surface area contributed by atoms with E-state index in [4.69, 9.17) is 58.0 Å². The highest BCUT2D eigenvalue weighted by atomic mass is 35.5. The van der Waals surface area contributed by atoms with Gasteiger partial charge in [0.25, 0.3) is 22.9 Å². The van der Waals surface area contributed by atoms with Gasteiger partial charge in [-0.25, -0.2) is 0 Å². The molecule has 0 N–H and O–H groups in total. The van der Waals surface area contributed by atoms with Crippen LogP contribution in [0, 0.1) is 0 Å². The van der Waals surface area contributed by atoms with Gasteiger partial charge in [-0.15, -0.1) is 0 Å². The van der Waals surface area contributed by atoms with Crippen molar-refractivity contribution in [3.8, 4) is 0 Å². The Morgan fingerprint density at radius 3 is 1.09 bits per heavy atom. The van der Waals surface area contributed by atoms with E-state index >= 15 is 0 Å². The first-order chi connectivity index (χ1) is 10.0. The average Bonchev–Trinajstić information content (AvgIpc) is 2.40. The molecule has 0 aromatic heterocycles. The molecule has 0 unspecified atom stereocenters. The van der Waals surface area contributed by atoms with Crippen LogP contribution < -0.4 is 0 Å². The molecule has 1 aromatic rings. The van der Waals surface area contributed by atoms with E-state index in [2.05, 4.69) is 0 Å². The lowest BCUT2D eigenvalue weighted by molar-refractivity contribution is 0.262. The second-order valence-electron chi connectivity index (χ2n) is 4.03. The van der Waals surface area contributed by atoms with Crippen molar-refractivity contribution in [1.29, 1.82) is 0 Å². The molecule has 0 radical (unpaired) electrons. The van der Waals surface area contributed by atoms with Crippen molar-refractivity contribution in [3.05, 3.63) is 30.3 Å². The normalized spacial score (nSPS) is 14.4. The minimum Gasteiger partial charge on any atom is -0.269 e. The third kappa shape index (κ3) is 1.44. The van der Waals surface area contributed by atoms with E-state index in [1.807, 2.05) is 0 Å². The molecule has 0 aliphatic rings. The van der Waals surface area contributed by atoms with E-state index in [9.17, 15) is 24.0 Å². The van der Waals surface area contributed by atoms with Crippen molar-refractivity contribution in [2.75, 3.05) is 0 Å². The van der Waals surface area contributed by atoms with E-state index < -0.39 is 36.1 Å². The molecule has 5 nitrogen and oxygen atoms in total. The predicted molar refractivity (Wildman–Crippen MR) is 88.5 cm³/mol. The zero-order chi connectivity index (χ0) is 17.4. The maximum atomic E-state index is 12.3. The fourth-order valence-corrected chi connectivity index (χ4v) is 11.6. The van der Waals surface area contributed by atoms with Crippen molar-refractivity contribution < 1.29 is 24.0 Å². The van der Waals surface area contributed by atoms with Gasteiger partial charge in [-0.2, -0.15) is 0 Å². The fourth-order valence-electron chi connectivity index (χ4n) is 1.85. The Labute approximate surface area is 148 Å². The Morgan fingerprint density at radius 2 is 0.864 bits per heavy atom. The molecule has 0 fully saturated rings. The summed E-state index contributed by atoms with van der Waals surface area (Å²) in [6.07, 6.45) is 0. The number of hydrogen-bond donors (Lipinski definition) is 0. The third-order valence-corrected chi connectivity index (χ3v) is 14.6. The molecule has 0 aliphatic carbocycles. The Balaban J connectivity index is 4.63. The number of hydrogen-bond acceptors (Lipinski definition) is 5. The molecule has 0 heterocycles. The molecule has 0 aliphatic heterocycles. The number of rotatable bonds is 1. The summed E-state index contributed by atoms with van der Waals surface area (Å²) in [5, 5.41) is 0. The molecule has 0 spiro atoms. The van der Waals surface area contributed by atoms with E-state index in [-0.39, 0.29) is 0 Å². The summed E-state index contributed by atoms with van der Waals surface area (Å²) < 4.78 is -10.2. The van der Waals surface area contributed by atoms with Crippen LogP contribution in [0.2, 0.25) is 0 Å². The second-order valence-corrected chi connectivity index (χ2v) is 12.3. The van der Waals surface area contributed by atoms with Crippen molar-refractivity contribution in [2.24, 2.45) is 0 Å². The molecule has 0 bridgehead atoms. The van der Waals surface area contributed by atoms with E-state index in [0.29, 0.717) is 0 Å². The lowest BCUT2D eigenvalue weighted by Gasteiger charge is -2.61. The Morgan fingerprint density at radius 1 is 0.591 bits per heavy atom. The van der Waals surface area contributed by atoms with Gasteiger partial charge < -0.3 is 0 Å². The van der Waals surface area contributed by atoms with Gasteiger partial charge in [-0.3, -0.25) is 24.0 Å². The maximum Gasteiger partial charge on any atom is 0.281 e. The number of benzene rings is 1. The maximum absolute atomic E-state index is 12.3. The summed E-state index contributed by atoms with van der Waals surface area (Å²) in [5.41, 5.74) is 0. The van der Waals surface area contributed by atoms with Gasteiger partial charge in [-0.05, 0) is 70.1 Å². The largest absolute Gasteiger partial charge is 0.281 e. The molecule has 120 valence electrons. The van der Waals surface area contributed by atoms with E-state index in [1.165, 1.54) is 18.2 Å². The van der Waals surface area contributed by atoms with Crippen LogP contribution in [0.15, 0.2) is 35.2 Å². The number of carbonyl (C=O) groups excluding carboxylic acids is 5. The second kappa shape index (κ2) is 5.47. The first kappa shape index (κ1) is 19.4. The molecule has 0 saturated carbocycles. The molecule has 0 atom stereocenters. The van der Waals surface area contributed by atoms with Gasteiger partial charge in [0, 0.05) is 4.90 Å². The summed E-state index contributed by atoms with van der Waals surface area (Å²) in [4.78, 5) is 60.6. The highest BCUT2D eigenvalue weighted by Gasteiger charge is 2.88. The van der Waals surface area contributed by atoms with Crippen LogP contribution in [0.3, 0.4) is 0 Å². The van der Waals surface area contributed by atoms with E-state index in [0.717, 1.165) is 12.1 Å². The Bertz CT molecular complexity index is 638. The van der Waals surface area contributed by atoms with Crippen molar-refractivity contribution >= 4 is 89.2 Å². The highest BCUT2D eigenvalue weighted by Crippen LogP contribution is 3.00. The first-order valence-electron chi connectivity index (χ1n) is 5.10. The van der Waals surface area contributed by atoms with Crippen LogP contribution in [0.1, 0.15) is 0 Å². The quantitative estimate of drug-likeness (QED) is 0.466. The van der Waals surface area contributed by atoms with Gasteiger partial charge >= 0.3 is 0 Å². The summed E-state index contributed by atoms with van der Waals surface area (Å²) in [6, 6.07) is 5.64. The monoisotopic (exact) mass is 424 g/mol. The van der Waals surface area contributed by atoms with Crippen LogP contribution in [0.5, 0.6) is 0 Å². The molecule has 1 aromatic carbocycles. The smallest absolute Gasteiger partial charge is 0.269 e. The SMILES string of the molecule is O=C(Cl)S(C(=O)Cl)(C(=O)Cl)(C(=O)Cl)(C(=O)Cl)c1ccccc1. The molecular formula is C11H5Cl5O5S. The topological polar surface area (TPSA) is 85.3 Å². The molecule has 0 saturated heterocycles. The van der Waals surface area contributed by atoms with Crippen molar-refractivity contribution in [1.82, 2.24) is 0 Å². The summed E-state index contributed by atoms with van der Waals surface area (Å²) in [6.45, 7) is 0. The Kier molecular flexibility index (Phi) is 4.83. The molecular weight excluding hydrogens is 421 g/mol. The third-order valence-electron chi connectivity index (χ3n) is 3.34. The molecule has 1 rings (SSSR count). The Hall–Kier alpha value is -0.630. The van der Waals surface area contributed by atoms with Gasteiger partial charge in [0.2, 0.25) is 0 Å². The van der Waals surface area contributed by atoms with Crippen LogP contribution >= 0.6 is 66.3 Å². The average molecular weight is 426 g/mol. The molecule has 0 amide bonds. The summed E-state index contributed by atoms with van der Waals surface area (Å²) in [7, 11) is -7.00. The minimum absolute atomic E-state index is 0.762. The highest BCUT2D eigenvalue weighted by molar-refractivity contribution is 9.10. The van der Waals surface area contributed by atoms with Gasteiger partial charge in [-0.1, -0.05) is 18.2 Å². The van der Waals surface area contributed by atoms with E-state index in [1.54, 1.807) is 0 Å². The summed E-state index contributed by atoms with van der Waals surface area (Å²) >= 11 is 27.1. The zero-order valence-corrected chi connectivity index (χ0v) is 14.8. The van der Waals surface area contributed by atoms with Gasteiger partial charge in [0.05, 0.1) is 8.29 Å². The lowest BCUT2D eigenvalue weighted by atomic mass is 10.4. The predicted octanol–water partition coefficient (Wildman–Crippen LogP) is 6.72. The van der Waals surface area contributed by atoms with Crippen LogP contribution in [-0.2, 0) is 0 Å². The van der Waals surface area contributed by atoms with Gasteiger partial charge in [0.15, 0.2) is 0 Å². The molecule has 22 heavy (non-hydrogen) atoms. The van der Waals surface area contributed by atoms with Crippen LogP contribution in [0.25, 0.3) is 0 Å². The number of halogens is 5. The van der Waals surface area contributed by atoms with Crippen molar-refractivity contribution in [3.63, 3.8) is 0 Å². The first-order valence-corrected chi connectivity index (χ1v) is 9.44. The summed E-state index contributed by atoms with van der Waals surface area (Å²) in [5.74, 6) is 0. The van der Waals surface area contributed by atoms with Gasteiger partial charge in [0.1, 0.15) is 0 Å². The lowest BCUT2D eigenvalue weighted by Crippen LogP contribution is -2.56. The van der Waals surface area contributed by atoms with Crippen LogP contribution in [0.4, 0.5) is 24.0 Å². The van der Waals surface area contributed by atoms with Crippen LogP contribution in [-0.4, -0.2) is 22.9 Å². The van der Waals surface area contributed by atoms with Crippen molar-refractivity contribution in [2.45, 2.75) is 4.90 Å². The number of carbonyl (C=O) groups is 5.